The number of carbonyl (C=O) groups is 2. The molecule has 0 radical (unpaired) electrons. The van der Waals surface area contributed by atoms with E-state index in [9.17, 15) is 9.59 Å². The molecule has 0 aromatic heterocycles. The summed E-state index contributed by atoms with van der Waals surface area (Å²) in [7, 11) is 0. The van der Waals surface area contributed by atoms with Crippen molar-refractivity contribution >= 4 is 11.9 Å². The molecule has 0 amide bonds. The van der Waals surface area contributed by atoms with E-state index in [4.69, 9.17) is 14.2 Å². The maximum Gasteiger partial charge on any atom is 0.338 e. The predicted molar refractivity (Wildman–Crippen MR) is 147 cm³/mol. The van der Waals surface area contributed by atoms with E-state index in [2.05, 4.69) is 34.6 Å². The van der Waals surface area contributed by atoms with E-state index in [-0.39, 0.29) is 41.6 Å². The molecule has 0 spiro atoms. The first kappa shape index (κ1) is 26.9. The van der Waals surface area contributed by atoms with E-state index in [1.807, 2.05) is 48.5 Å². The molecule has 1 saturated heterocycles. The van der Waals surface area contributed by atoms with Crippen LogP contribution < -0.4 is 0 Å². The molecule has 0 N–H and O–H groups in total. The molecular formula is C33H42O5. The van der Waals surface area contributed by atoms with Crippen LogP contribution >= 0.6 is 0 Å². The summed E-state index contributed by atoms with van der Waals surface area (Å²) in [5.41, 5.74) is 1.11. The van der Waals surface area contributed by atoms with E-state index < -0.39 is 0 Å². The molecule has 1 heterocycles. The van der Waals surface area contributed by atoms with E-state index in [0.29, 0.717) is 47.3 Å². The van der Waals surface area contributed by atoms with E-state index >= 15 is 0 Å². The monoisotopic (exact) mass is 518 g/mol. The van der Waals surface area contributed by atoms with Gasteiger partial charge in [-0.1, -0.05) is 71.0 Å². The number of esters is 2. The van der Waals surface area contributed by atoms with Crippen LogP contribution in [0.25, 0.3) is 0 Å². The summed E-state index contributed by atoms with van der Waals surface area (Å²) in [5.74, 6) is 1.79. The van der Waals surface area contributed by atoms with Gasteiger partial charge in [-0.15, -0.1) is 0 Å². The van der Waals surface area contributed by atoms with Crippen molar-refractivity contribution in [1.29, 1.82) is 0 Å². The molecular weight excluding hydrogens is 476 g/mol. The predicted octanol–water partition coefficient (Wildman–Crippen LogP) is 6.82. The number of fused-ring (bicyclic) bond motifs is 3. The molecule has 2 saturated carbocycles. The lowest BCUT2D eigenvalue weighted by Crippen LogP contribution is -2.43. The maximum absolute atomic E-state index is 13.1. The van der Waals surface area contributed by atoms with Crippen molar-refractivity contribution in [3.8, 4) is 0 Å². The summed E-state index contributed by atoms with van der Waals surface area (Å²) in [6.45, 7) is 11.8. The highest BCUT2D eigenvalue weighted by atomic mass is 16.5. The van der Waals surface area contributed by atoms with Gasteiger partial charge in [0.25, 0.3) is 0 Å². The SMILES string of the molecule is CC1C(C)[C@@H](OC(=O)c2ccccc2)[C@@]2(C)C1C[C@@H]1O[C@H](CC[C@@H](C)COC(=O)c3ccccc3)[C@@H](C)[C@@H]12. The molecule has 0 bridgehead atoms. The van der Waals surface area contributed by atoms with Crippen LogP contribution in [-0.4, -0.2) is 36.9 Å². The Labute approximate surface area is 227 Å². The highest BCUT2D eigenvalue weighted by Crippen LogP contribution is 2.67. The number of rotatable bonds is 8. The Hall–Kier alpha value is -2.66. The number of hydrogen-bond acceptors (Lipinski definition) is 5. The van der Waals surface area contributed by atoms with Crippen LogP contribution in [0.4, 0.5) is 0 Å². The third-order valence-electron chi connectivity index (χ3n) is 10.2. The van der Waals surface area contributed by atoms with Crippen LogP contribution in [0.5, 0.6) is 0 Å². The van der Waals surface area contributed by atoms with Gasteiger partial charge in [-0.2, -0.15) is 0 Å². The Morgan fingerprint density at radius 3 is 2.16 bits per heavy atom. The lowest BCUT2D eigenvalue weighted by molar-refractivity contribution is -0.0425. The second kappa shape index (κ2) is 10.8. The minimum Gasteiger partial charge on any atom is -0.462 e. The average molecular weight is 519 g/mol. The van der Waals surface area contributed by atoms with E-state index in [1.54, 1.807) is 12.1 Å². The first-order chi connectivity index (χ1) is 18.2. The molecule has 2 aromatic carbocycles. The quantitative estimate of drug-likeness (QED) is 0.359. The maximum atomic E-state index is 13.1. The Kier molecular flexibility index (Phi) is 7.68. The van der Waals surface area contributed by atoms with Gasteiger partial charge in [0.1, 0.15) is 6.10 Å². The van der Waals surface area contributed by atoms with Crippen molar-refractivity contribution in [2.75, 3.05) is 6.61 Å². The van der Waals surface area contributed by atoms with Gasteiger partial charge in [-0.3, -0.25) is 0 Å². The Bertz CT molecular complexity index is 1120. The van der Waals surface area contributed by atoms with Crippen LogP contribution in [-0.2, 0) is 14.2 Å². The highest BCUT2D eigenvalue weighted by Gasteiger charge is 2.69. The summed E-state index contributed by atoms with van der Waals surface area (Å²) in [6.07, 6.45) is 3.19. The molecule has 5 nitrogen and oxygen atoms in total. The zero-order valence-electron chi connectivity index (χ0n) is 23.3. The zero-order chi connectivity index (χ0) is 27.0. The molecule has 3 aliphatic rings. The molecule has 204 valence electrons. The van der Waals surface area contributed by atoms with Crippen molar-refractivity contribution in [3.05, 3.63) is 71.8 Å². The van der Waals surface area contributed by atoms with Crippen LogP contribution in [0.3, 0.4) is 0 Å². The minimum absolute atomic E-state index is 0.0983. The third kappa shape index (κ3) is 4.79. The van der Waals surface area contributed by atoms with Gasteiger partial charge in [0.05, 0.1) is 29.9 Å². The lowest BCUT2D eigenvalue weighted by Gasteiger charge is -2.40. The van der Waals surface area contributed by atoms with Gasteiger partial charge in [0.2, 0.25) is 0 Å². The number of hydrogen-bond donors (Lipinski definition) is 0. The smallest absolute Gasteiger partial charge is 0.338 e. The van der Waals surface area contributed by atoms with Gasteiger partial charge in [-0.25, -0.2) is 9.59 Å². The first-order valence-corrected chi connectivity index (χ1v) is 14.4. The Morgan fingerprint density at radius 1 is 0.921 bits per heavy atom. The third-order valence-corrected chi connectivity index (χ3v) is 10.2. The van der Waals surface area contributed by atoms with Gasteiger partial charge >= 0.3 is 11.9 Å². The minimum atomic E-state index is -0.267. The van der Waals surface area contributed by atoms with Crippen LogP contribution in [0.15, 0.2) is 60.7 Å². The van der Waals surface area contributed by atoms with Crippen molar-refractivity contribution in [2.24, 2.45) is 40.9 Å². The zero-order valence-corrected chi connectivity index (χ0v) is 23.3. The van der Waals surface area contributed by atoms with Crippen molar-refractivity contribution in [2.45, 2.75) is 72.2 Å². The summed E-state index contributed by atoms with van der Waals surface area (Å²) >= 11 is 0. The summed E-state index contributed by atoms with van der Waals surface area (Å²) in [5, 5.41) is 0. The van der Waals surface area contributed by atoms with Gasteiger partial charge in [0, 0.05) is 5.41 Å². The highest BCUT2D eigenvalue weighted by molar-refractivity contribution is 5.89. The lowest BCUT2D eigenvalue weighted by atomic mass is 9.67. The molecule has 5 rings (SSSR count). The standard InChI is InChI=1S/C33H42O5/c1-20(19-36-31(34)24-12-8-6-9-13-24)16-17-27-23(4)29-28(37-27)18-26-21(2)22(3)30(33(26,29)5)38-32(35)25-14-10-7-11-15-25/h6-15,20-23,26-30H,16-19H2,1-5H3/t20-,21?,22?,23-,26?,27-,28+,29+,30-,33+/m1/s1. The molecule has 3 unspecified atom stereocenters. The van der Waals surface area contributed by atoms with Crippen LogP contribution in [0, 0.1) is 40.9 Å². The van der Waals surface area contributed by atoms with Crippen LogP contribution in [0.1, 0.15) is 74.6 Å². The molecule has 2 aromatic rings. The fourth-order valence-corrected chi connectivity index (χ4v) is 8.04. The van der Waals surface area contributed by atoms with Gasteiger partial charge < -0.3 is 14.2 Å². The molecule has 1 aliphatic heterocycles. The fraction of sp³-hybridized carbons (Fsp3) is 0.576. The molecule has 3 fully saturated rings. The largest absolute Gasteiger partial charge is 0.462 e. The topological polar surface area (TPSA) is 61.8 Å². The normalized spacial score (nSPS) is 36.3. The Balaban J connectivity index is 1.21. The number of ether oxygens (including phenoxy) is 3. The van der Waals surface area contributed by atoms with Crippen molar-refractivity contribution < 1.29 is 23.8 Å². The average Bonchev–Trinajstić information content (AvgIpc) is 3.47. The van der Waals surface area contributed by atoms with Gasteiger partial charge in [-0.05, 0) is 79.0 Å². The molecule has 38 heavy (non-hydrogen) atoms. The number of carbonyl (C=O) groups excluding carboxylic acids is 2. The summed E-state index contributed by atoms with van der Waals surface area (Å²) in [4.78, 5) is 25.4. The summed E-state index contributed by atoms with van der Waals surface area (Å²) < 4.78 is 18.6. The van der Waals surface area contributed by atoms with E-state index in [1.165, 1.54) is 0 Å². The first-order valence-electron chi connectivity index (χ1n) is 14.4. The van der Waals surface area contributed by atoms with E-state index in [0.717, 1.165) is 19.3 Å². The van der Waals surface area contributed by atoms with Crippen molar-refractivity contribution in [3.63, 3.8) is 0 Å². The Morgan fingerprint density at radius 2 is 1.53 bits per heavy atom. The number of benzene rings is 2. The van der Waals surface area contributed by atoms with Crippen LogP contribution in [0.2, 0.25) is 0 Å². The second-order valence-electron chi connectivity index (χ2n) is 12.4. The molecule has 10 atom stereocenters. The molecule has 2 aliphatic carbocycles. The van der Waals surface area contributed by atoms with Gasteiger partial charge in [0.15, 0.2) is 0 Å². The second-order valence-corrected chi connectivity index (χ2v) is 12.4. The molecule has 5 heteroatoms. The fourth-order valence-electron chi connectivity index (χ4n) is 8.04. The van der Waals surface area contributed by atoms with Crippen molar-refractivity contribution in [1.82, 2.24) is 0 Å². The summed E-state index contributed by atoms with van der Waals surface area (Å²) in [6, 6.07) is 18.5.